The van der Waals surface area contributed by atoms with Crippen molar-refractivity contribution >= 4 is 35.0 Å². The van der Waals surface area contributed by atoms with E-state index in [9.17, 15) is 14.4 Å². The number of hydrogen-bond donors (Lipinski definition) is 0. The van der Waals surface area contributed by atoms with Crippen molar-refractivity contribution in [1.29, 1.82) is 0 Å². The summed E-state index contributed by atoms with van der Waals surface area (Å²) in [6.07, 6.45) is 1.67. The van der Waals surface area contributed by atoms with Crippen LogP contribution in [0.25, 0.3) is 11.8 Å². The van der Waals surface area contributed by atoms with E-state index in [-0.39, 0.29) is 36.7 Å². The summed E-state index contributed by atoms with van der Waals surface area (Å²) in [6, 6.07) is 21.0. The molecule has 1 aliphatic rings. The number of fused-ring (bicyclic) bond motifs is 1. The largest absolute Gasteiger partial charge is 0.494 e. The van der Waals surface area contributed by atoms with Crippen LogP contribution in [0, 0.1) is 0 Å². The number of hydrogen-bond acceptors (Lipinski definition) is 10. The molecule has 0 bridgehead atoms. The second kappa shape index (κ2) is 14.7. The molecule has 0 saturated heterocycles. The molecule has 11 heteroatoms. The lowest BCUT2D eigenvalue weighted by molar-refractivity contribution is -0.145. The maximum atomic E-state index is 14.3. The standard InChI is InChI=1S/C35H34N2O8S/c1-5-42-25-18-16-23(17-19-25)31-29(34(40)44-7-3)30(22-12-9-8-10-13-22)36-35-37(31)33(39)27(46-35)20-24-14-11-15-26(41-4)32(24)45-21-28(38)43-6-2/h8-20,31H,5-7,21H2,1-4H3/b27-20-/t31-/m0/s1. The van der Waals surface area contributed by atoms with E-state index in [0.29, 0.717) is 49.8 Å². The number of nitrogens with zero attached hydrogens (tertiary/aromatic N) is 2. The van der Waals surface area contributed by atoms with E-state index in [4.69, 9.17) is 28.7 Å². The third-order valence-corrected chi connectivity index (χ3v) is 8.02. The molecule has 0 fully saturated rings. The number of carbonyl (C=O) groups excluding carboxylic acids is 2. The molecule has 238 valence electrons. The zero-order valence-electron chi connectivity index (χ0n) is 26.0. The average Bonchev–Trinajstić information content (AvgIpc) is 3.38. The molecule has 5 rings (SSSR count). The Balaban J connectivity index is 1.74. The summed E-state index contributed by atoms with van der Waals surface area (Å²) in [5, 5.41) is 0. The van der Waals surface area contributed by atoms with Crippen LogP contribution in [0.3, 0.4) is 0 Å². The van der Waals surface area contributed by atoms with Gasteiger partial charge in [-0.05, 0) is 50.6 Å². The highest BCUT2D eigenvalue weighted by Crippen LogP contribution is 2.36. The zero-order valence-corrected chi connectivity index (χ0v) is 26.8. The van der Waals surface area contributed by atoms with E-state index in [1.165, 1.54) is 23.0 Å². The number of aromatic nitrogens is 1. The highest BCUT2D eigenvalue weighted by Gasteiger charge is 2.35. The number of esters is 2. The van der Waals surface area contributed by atoms with E-state index in [2.05, 4.69) is 0 Å². The SMILES string of the molecule is CCOC(=O)COc1c(/C=c2\sc3n(c2=O)[C@@H](c2ccc(OCC)cc2)C(C(=O)OCC)=C(c2ccccc2)N=3)cccc1OC. The van der Waals surface area contributed by atoms with Crippen molar-refractivity contribution in [1.82, 2.24) is 4.57 Å². The molecule has 10 nitrogen and oxygen atoms in total. The molecule has 2 heterocycles. The lowest BCUT2D eigenvalue weighted by Crippen LogP contribution is -2.40. The summed E-state index contributed by atoms with van der Waals surface area (Å²) in [5.74, 6) is 0.227. The van der Waals surface area contributed by atoms with Crippen LogP contribution in [0.15, 0.2) is 88.2 Å². The van der Waals surface area contributed by atoms with Crippen molar-refractivity contribution < 1.29 is 33.3 Å². The summed E-state index contributed by atoms with van der Waals surface area (Å²) >= 11 is 1.18. The van der Waals surface area contributed by atoms with Gasteiger partial charge in [-0.3, -0.25) is 9.36 Å². The first-order valence-corrected chi connectivity index (χ1v) is 15.7. The highest BCUT2D eigenvalue weighted by molar-refractivity contribution is 7.07. The Hall–Kier alpha value is -5.16. The number of para-hydroxylation sites is 1. The van der Waals surface area contributed by atoms with E-state index in [1.807, 2.05) is 61.5 Å². The van der Waals surface area contributed by atoms with Crippen LogP contribution in [-0.2, 0) is 19.1 Å². The van der Waals surface area contributed by atoms with E-state index >= 15 is 0 Å². The summed E-state index contributed by atoms with van der Waals surface area (Å²) in [5.41, 5.74) is 2.21. The summed E-state index contributed by atoms with van der Waals surface area (Å²) < 4.78 is 29.4. The Bertz CT molecular complexity index is 1930. The molecule has 46 heavy (non-hydrogen) atoms. The molecule has 0 radical (unpaired) electrons. The third-order valence-electron chi connectivity index (χ3n) is 7.04. The lowest BCUT2D eigenvalue weighted by Gasteiger charge is -2.26. The van der Waals surface area contributed by atoms with E-state index < -0.39 is 18.0 Å². The summed E-state index contributed by atoms with van der Waals surface area (Å²) in [4.78, 5) is 45.3. The van der Waals surface area contributed by atoms with Crippen molar-refractivity contribution in [3.8, 4) is 17.2 Å². The van der Waals surface area contributed by atoms with Gasteiger partial charge in [0.1, 0.15) is 5.75 Å². The molecule has 0 aliphatic carbocycles. The second-order valence-corrected chi connectivity index (χ2v) is 10.9. The summed E-state index contributed by atoms with van der Waals surface area (Å²) in [6.45, 7) is 5.87. The van der Waals surface area contributed by atoms with Gasteiger partial charge in [0.2, 0.25) is 0 Å². The molecule has 0 saturated carbocycles. The monoisotopic (exact) mass is 642 g/mol. The fourth-order valence-corrected chi connectivity index (χ4v) is 6.10. The lowest BCUT2D eigenvalue weighted by atomic mass is 9.93. The number of thiazole rings is 1. The summed E-state index contributed by atoms with van der Waals surface area (Å²) in [7, 11) is 1.49. The quantitative estimate of drug-likeness (QED) is 0.211. The number of benzene rings is 3. The molecular formula is C35H34N2O8S. The Morgan fingerprint density at radius 3 is 2.30 bits per heavy atom. The first kappa shape index (κ1) is 32.2. The van der Waals surface area contributed by atoms with Crippen LogP contribution in [0.2, 0.25) is 0 Å². The molecule has 0 N–H and O–H groups in total. The van der Waals surface area contributed by atoms with Gasteiger partial charge < -0.3 is 23.7 Å². The number of rotatable bonds is 12. The minimum absolute atomic E-state index is 0.148. The normalized spacial score (nSPS) is 14.3. The smallest absolute Gasteiger partial charge is 0.344 e. The van der Waals surface area contributed by atoms with Gasteiger partial charge in [0.05, 0.1) is 48.8 Å². The topological polar surface area (TPSA) is 115 Å². The van der Waals surface area contributed by atoms with Crippen LogP contribution >= 0.6 is 11.3 Å². The first-order valence-electron chi connectivity index (χ1n) is 14.9. The molecule has 4 aromatic rings. The number of carbonyl (C=O) groups is 2. The Morgan fingerprint density at radius 1 is 0.891 bits per heavy atom. The van der Waals surface area contributed by atoms with Crippen LogP contribution in [0.5, 0.6) is 17.2 Å². The minimum Gasteiger partial charge on any atom is -0.494 e. The van der Waals surface area contributed by atoms with Crippen LogP contribution in [-0.4, -0.2) is 50.0 Å². The molecule has 1 aliphatic heterocycles. The minimum atomic E-state index is -0.840. The van der Waals surface area contributed by atoms with E-state index in [0.717, 1.165) is 0 Å². The number of ether oxygens (including phenoxy) is 5. The van der Waals surface area contributed by atoms with Crippen LogP contribution < -0.4 is 29.1 Å². The Kier molecular flexibility index (Phi) is 10.3. The molecule has 0 amide bonds. The van der Waals surface area contributed by atoms with Gasteiger partial charge in [-0.1, -0.05) is 65.9 Å². The molecule has 1 atom stereocenters. The third kappa shape index (κ3) is 6.74. The molecule has 1 aromatic heterocycles. The maximum Gasteiger partial charge on any atom is 0.344 e. The molecule has 0 unspecified atom stereocenters. The van der Waals surface area contributed by atoms with Crippen LogP contribution in [0.1, 0.15) is 43.5 Å². The van der Waals surface area contributed by atoms with Crippen molar-refractivity contribution in [2.24, 2.45) is 4.99 Å². The maximum absolute atomic E-state index is 14.3. The predicted molar refractivity (Wildman–Crippen MR) is 174 cm³/mol. The van der Waals surface area contributed by atoms with Crippen molar-refractivity contribution in [3.63, 3.8) is 0 Å². The van der Waals surface area contributed by atoms with Gasteiger partial charge in [0, 0.05) is 11.1 Å². The van der Waals surface area contributed by atoms with Crippen molar-refractivity contribution in [3.05, 3.63) is 115 Å². The fourth-order valence-electron chi connectivity index (χ4n) is 5.11. The molecular weight excluding hydrogens is 608 g/mol. The fraction of sp³-hybridized carbons (Fsp3) is 0.257. The molecule has 3 aromatic carbocycles. The Morgan fingerprint density at radius 2 is 1.63 bits per heavy atom. The van der Waals surface area contributed by atoms with Crippen LogP contribution in [0.4, 0.5) is 0 Å². The molecule has 0 spiro atoms. The Labute approximate surface area is 269 Å². The highest BCUT2D eigenvalue weighted by atomic mass is 32.1. The first-order chi connectivity index (χ1) is 22.4. The van der Waals surface area contributed by atoms with Gasteiger partial charge in [-0.25, -0.2) is 14.6 Å². The second-order valence-electron chi connectivity index (χ2n) is 9.91. The average molecular weight is 643 g/mol. The van der Waals surface area contributed by atoms with Gasteiger partial charge >= 0.3 is 11.9 Å². The van der Waals surface area contributed by atoms with Gasteiger partial charge in [-0.15, -0.1) is 0 Å². The van der Waals surface area contributed by atoms with Crippen molar-refractivity contribution in [2.75, 3.05) is 33.5 Å². The zero-order chi connectivity index (χ0) is 32.6. The van der Waals surface area contributed by atoms with Gasteiger partial charge in [0.25, 0.3) is 5.56 Å². The predicted octanol–water partition coefficient (Wildman–Crippen LogP) is 4.28. The van der Waals surface area contributed by atoms with Crippen molar-refractivity contribution in [2.45, 2.75) is 26.8 Å². The van der Waals surface area contributed by atoms with Gasteiger partial charge in [-0.2, -0.15) is 0 Å². The number of methoxy groups -OCH3 is 1. The van der Waals surface area contributed by atoms with Gasteiger partial charge in [0.15, 0.2) is 22.9 Å². The van der Waals surface area contributed by atoms with E-state index in [1.54, 1.807) is 38.1 Å².